The molecule has 0 bridgehead atoms. The van der Waals surface area contributed by atoms with Gasteiger partial charge >= 0.3 is 0 Å². The molecule has 0 spiro atoms. The van der Waals surface area contributed by atoms with Gasteiger partial charge in [-0.2, -0.15) is 0 Å². The van der Waals surface area contributed by atoms with Gasteiger partial charge in [-0.15, -0.1) is 0 Å². The Morgan fingerprint density at radius 2 is 2.07 bits per heavy atom. The molecule has 88 valence electrons. The third-order valence-electron chi connectivity index (χ3n) is 4.06. The van der Waals surface area contributed by atoms with E-state index in [2.05, 4.69) is 12.2 Å². The Morgan fingerprint density at radius 1 is 1.27 bits per heavy atom. The van der Waals surface area contributed by atoms with Crippen LogP contribution in [-0.2, 0) is 4.74 Å². The summed E-state index contributed by atoms with van der Waals surface area (Å²) in [5.41, 5.74) is 0. The van der Waals surface area contributed by atoms with E-state index in [9.17, 15) is 0 Å². The number of hydrogen-bond donors (Lipinski definition) is 1. The Morgan fingerprint density at radius 3 is 2.67 bits per heavy atom. The van der Waals surface area contributed by atoms with E-state index in [1.165, 1.54) is 38.5 Å². The van der Waals surface area contributed by atoms with Gasteiger partial charge in [-0.3, -0.25) is 0 Å². The van der Waals surface area contributed by atoms with Crippen LogP contribution in [0.5, 0.6) is 0 Å². The lowest BCUT2D eigenvalue weighted by molar-refractivity contribution is 0.172. The Balaban J connectivity index is 1.81. The van der Waals surface area contributed by atoms with Crippen molar-refractivity contribution in [3.05, 3.63) is 0 Å². The van der Waals surface area contributed by atoms with Crippen molar-refractivity contribution in [2.45, 2.75) is 51.5 Å². The molecule has 15 heavy (non-hydrogen) atoms. The third-order valence-corrected chi connectivity index (χ3v) is 4.06. The van der Waals surface area contributed by atoms with Crippen molar-refractivity contribution in [2.75, 3.05) is 19.8 Å². The topological polar surface area (TPSA) is 21.3 Å². The predicted molar refractivity (Wildman–Crippen MR) is 63.0 cm³/mol. The van der Waals surface area contributed by atoms with E-state index in [4.69, 9.17) is 4.74 Å². The molecule has 2 heteroatoms. The molecule has 1 saturated heterocycles. The highest BCUT2D eigenvalue weighted by Crippen LogP contribution is 2.31. The average molecular weight is 211 g/mol. The molecule has 0 aromatic carbocycles. The zero-order chi connectivity index (χ0) is 10.5. The van der Waals surface area contributed by atoms with Crippen LogP contribution in [0.1, 0.15) is 45.4 Å². The second kappa shape index (κ2) is 5.86. The molecule has 1 heterocycles. The van der Waals surface area contributed by atoms with Crippen LogP contribution < -0.4 is 5.32 Å². The minimum Gasteiger partial charge on any atom is -0.381 e. The highest BCUT2D eigenvalue weighted by Gasteiger charge is 2.28. The van der Waals surface area contributed by atoms with Gasteiger partial charge in [-0.1, -0.05) is 32.6 Å². The van der Waals surface area contributed by atoms with E-state index < -0.39 is 0 Å². The highest BCUT2D eigenvalue weighted by molar-refractivity contribution is 4.83. The summed E-state index contributed by atoms with van der Waals surface area (Å²) < 4.78 is 5.51. The smallest absolute Gasteiger partial charge is 0.0510 e. The van der Waals surface area contributed by atoms with Gasteiger partial charge in [0, 0.05) is 12.6 Å². The molecule has 2 nitrogen and oxygen atoms in total. The molecule has 2 rings (SSSR count). The fourth-order valence-electron chi connectivity index (χ4n) is 3.18. The Labute approximate surface area is 93.8 Å². The van der Waals surface area contributed by atoms with E-state index in [1.54, 1.807) is 0 Å². The fourth-order valence-corrected chi connectivity index (χ4v) is 3.18. The molecule has 1 N–H and O–H groups in total. The first kappa shape index (κ1) is 11.4. The van der Waals surface area contributed by atoms with Crippen LogP contribution >= 0.6 is 0 Å². The summed E-state index contributed by atoms with van der Waals surface area (Å²) in [4.78, 5) is 0. The van der Waals surface area contributed by atoms with Gasteiger partial charge in [0.1, 0.15) is 0 Å². The van der Waals surface area contributed by atoms with E-state index in [1.807, 2.05) is 0 Å². The summed E-state index contributed by atoms with van der Waals surface area (Å²) in [7, 11) is 0. The molecular weight excluding hydrogens is 186 g/mol. The van der Waals surface area contributed by atoms with Crippen molar-refractivity contribution < 1.29 is 4.74 Å². The van der Waals surface area contributed by atoms with Crippen LogP contribution in [0.2, 0.25) is 0 Å². The van der Waals surface area contributed by atoms with Crippen LogP contribution in [0.25, 0.3) is 0 Å². The van der Waals surface area contributed by atoms with E-state index in [0.717, 1.165) is 37.6 Å². The number of rotatable bonds is 5. The number of nitrogens with one attached hydrogen (secondary N) is 1. The van der Waals surface area contributed by atoms with Crippen molar-refractivity contribution in [1.82, 2.24) is 5.32 Å². The van der Waals surface area contributed by atoms with Crippen LogP contribution in [0, 0.1) is 11.8 Å². The molecule has 2 fully saturated rings. The average Bonchev–Trinajstić information content (AvgIpc) is 2.89. The van der Waals surface area contributed by atoms with Gasteiger partial charge in [-0.05, 0) is 31.2 Å². The molecule has 1 aliphatic carbocycles. The molecule has 0 aromatic rings. The molecule has 1 aliphatic heterocycles. The SMILES string of the molecule is CCNC(CC1CCCC1)C1CCOC1. The Bertz CT molecular complexity index is 171. The molecule has 2 aliphatic rings. The van der Waals surface area contributed by atoms with E-state index >= 15 is 0 Å². The molecule has 0 aromatic heterocycles. The van der Waals surface area contributed by atoms with Gasteiger partial charge in [0.15, 0.2) is 0 Å². The van der Waals surface area contributed by atoms with Gasteiger partial charge in [0.25, 0.3) is 0 Å². The molecule has 1 saturated carbocycles. The highest BCUT2D eigenvalue weighted by atomic mass is 16.5. The van der Waals surface area contributed by atoms with Gasteiger partial charge in [0.05, 0.1) is 6.61 Å². The molecule has 0 radical (unpaired) electrons. The maximum absolute atomic E-state index is 5.51. The Kier molecular flexibility index (Phi) is 4.45. The quantitative estimate of drug-likeness (QED) is 0.754. The van der Waals surface area contributed by atoms with Crippen molar-refractivity contribution in [2.24, 2.45) is 11.8 Å². The zero-order valence-corrected chi connectivity index (χ0v) is 10.0. The summed E-state index contributed by atoms with van der Waals surface area (Å²) in [6.45, 7) is 5.30. The summed E-state index contributed by atoms with van der Waals surface area (Å²) >= 11 is 0. The third kappa shape index (κ3) is 3.18. The van der Waals surface area contributed by atoms with Crippen molar-refractivity contribution in [3.8, 4) is 0 Å². The summed E-state index contributed by atoms with van der Waals surface area (Å²) in [5.74, 6) is 1.78. The van der Waals surface area contributed by atoms with Crippen molar-refractivity contribution >= 4 is 0 Å². The van der Waals surface area contributed by atoms with Crippen LogP contribution in [0.4, 0.5) is 0 Å². The minimum atomic E-state index is 0.723. The molecule has 2 unspecified atom stereocenters. The van der Waals surface area contributed by atoms with Gasteiger partial charge in [0.2, 0.25) is 0 Å². The van der Waals surface area contributed by atoms with E-state index in [0.29, 0.717) is 0 Å². The van der Waals surface area contributed by atoms with Crippen molar-refractivity contribution in [3.63, 3.8) is 0 Å². The van der Waals surface area contributed by atoms with Gasteiger partial charge < -0.3 is 10.1 Å². The normalized spacial score (nSPS) is 29.8. The second-order valence-corrected chi connectivity index (χ2v) is 5.17. The maximum atomic E-state index is 5.51. The molecule has 0 amide bonds. The Hall–Kier alpha value is -0.0800. The standard InChI is InChI=1S/C13H25NO/c1-2-14-13(12-7-8-15-10-12)9-11-5-3-4-6-11/h11-14H,2-10H2,1H3. The lowest BCUT2D eigenvalue weighted by atomic mass is 9.89. The fraction of sp³-hybridized carbons (Fsp3) is 1.00. The first-order chi connectivity index (χ1) is 7.40. The summed E-state index contributed by atoms with van der Waals surface area (Å²) in [5, 5.41) is 3.67. The summed E-state index contributed by atoms with van der Waals surface area (Å²) in [6, 6.07) is 0.723. The zero-order valence-electron chi connectivity index (χ0n) is 10.0. The number of ether oxygens (including phenoxy) is 1. The van der Waals surface area contributed by atoms with Crippen LogP contribution in [-0.4, -0.2) is 25.8 Å². The lowest BCUT2D eigenvalue weighted by Crippen LogP contribution is -2.37. The van der Waals surface area contributed by atoms with Gasteiger partial charge in [-0.25, -0.2) is 0 Å². The monoisotopic (exact) mass is 211 g/mol. The predicted octanol–water partition coefficient (Wildman–Crippen LogP) is 2.58. The summed E-state index contributed by atoms with van der Waals surface area (Å²) in [6.07, 6.45) is 8.52. The van der Waals surface area contributed by atoms with E-state index in [-0.39, 0.29) is 0 Å². The minimum absolute atomic E-state index is 0.723. The first-order valence-electron chi connectivity index (χ1n) is 6.71. The first-order valence-corrected chi connectivity index (χ1v) is 6.71. The maximum Gasteiger partial charge on any atom is 0.0510 e. The lowest BCUT2D eigenvalue weighted by Gasteiger charge is -2.26. The van der Waals surface area contributed by atoms with Crippen LogP contribution in [0.15, 0.2) is 0 Å². The molecule has 2 atom stereocenters. The number of hydrogen-bond acceptors (Lipinski definition) is 2. The molecular formula is C13H25NO. The van der Waals surface area contributed by atoms with Crippen molar-refractivity contribution in [1.29, 1.82) is 0 Å². The van der Waals surface area contributed by atoms with Crippen LogP contribution in [0.3, 0.4) is 0 Å². The second-order valence-electron chi connectivity index (χ2n) is 5.17. The largest absolute Gasteiger partial charge is 0.381 e.